The maximum absolute atomic E-state index is 12.4. The second-order valence-corrected chi connectivity index (χ2v) is 4.59. The van der Waals surface area contributed by atoms with Crippen LogP contribution in [0.3, 0.4) is 0 Å². The lowest BCUT2D eigenvalue weighted by Crippen LogP contribution is -2.39. The van der Waals surface area contributed by atoms with Crippen LogP contribution < -0.4 is 21.7 Å². The molecule has 0 saturated heterocycles. The molecule has 0 bridgehead atoms. The number of nitrogens with zero attached hydrogens (tertiary/aromatic N) is 2. The van der Waals surface area contributed by atoms with E-state index in [1.165, 1.54) is 50.2 Å². The van der Waals surface area contributed by atoms with Crippen molar-refractivity contribution in [3.8, 4) is 5.75 Å². The van der Waals surface area contributed by atoms with Crippen LogP contribution in [0.25, 0.3) is 0 Å². The normalized spacial score (nSPS) is 10.4. The van der Waals surface area contributed by atoms with Crippen LogP contribution in [-0.2, 0) is 14.1 Å². The van der Waals surface area contributed by atoms with Crippen LogP contribution in [0.1, 0.15) is 15.9 Å². The molecular weight excluding hydrogens is 274 g/mol. The van der Waals surface area contributed by atoms with Crippen LogP contribution in [0.15, 0.2) is 34.0 Å². The highest BCUT2D eigenvalue weighted by atomic mass is 16.5. The van der Waals surface area contributed by atoms with Crippen molar-refractivity contribution >= 4 is 11.5 Å². The van der Waals surface area contributed by atoms with Gasteiger partial charge in [0.05, 0.1) is 12.8 Å². The number of rotatable bonds is 3. The predicted molar refractivity (Wildman–Crippen MR) is 77.8 cm³/mol. The standard InChI is InChI=1S/C14H15N3O4/c1-16-7-9(13(19)17(2)14(16)20)12(18)8-4-5-10(15)11(6-8)21-3/h4-7H,15H2,1-3H3. The van der Waals surface area contributed by atoms with Crippen LogP contribution in [-0.4, -0.2) is 22.0 Å². The van der Waals surface area contributed by atoms with E-state index >= 15 is 0 Å². The lowest BCUT2D eigenvalue weighted by Gasteiger charge is -2.08. The van der Waals surface area contributed by atoms with Crippen molar-refractivity contribution in [2.75, 3.05) is 12.8 Å². The Balaban J connectivity index is 2.61. The molecule has 0 aliphatic carbocycles. The van der Waals surface area contributed by atoms with Crippen molar-refractivity contribution < 1.29 is 9.53 Å². The average molecular weight is 289 g/mol. The van der Waals surface area contributed by atoms with Gasteiger partial charge in [-0.3, -0.25) is 14.2 Å². The summed E-state index contributed by atoms with van der Waals surface area (Å²) in [5, 5.41) is 0. The zero-order valence-electron chi connectivity index (χ0n) is 11.9. The molecule has 0 fully saturated rings. The van der Waals surface area contributed by atoms with Gasteiger partial charge in [0.25, 0.3) is 5.56 Å². The number of aryl methyl sites for hydroxylation is 1. The maximum Gasteiger partial charge on any atom is 0.330 e. The molecule has 0 spiro atoms. The molecule has 1 aromatic carbocycles. The lowest BCUT2D eigenvalue weighted by molar-refractivity contribution is 0.103. The first-order valence-electron chi connectivity index (χ1n) is 6.11. The van der Waals surface area contributed by atoms with Gasteiger partial charge in [-0.2, -0.15) is 0 Å². The molecule has 0 saturated carbocycles. The number of nitrogens with two attached hydrogens (primary N) is 1. The molecule has 0 aliphatic heterocycles. The fraction of sp³-hybridized carbons (Fsp3) is 0.214. The minimum absolute atomic E-state index is 0.0913. The monoisotopic (exact) mass is 289 g/mol. The van der Waals surface area contributed by atoms with Gasteiger partial charge in [-0.25, -0.2) is 4.79 Å². The van der Waals surface area contributed by atoms with Gasteiger partial charge in [0.1, 0.15) is 11.3 Å². The van der Waals surface area contributed by atoms with Gasteiger partial charge in [-0.1, -0.05) is 0 Å². The van der Waals surface area contributed by atoms with Crippen molar-refractivity contribution in [3.63, 3.8) is 0 Å². The number of benzene rings is 1. The van der Waals surface area contributed by atoms with E-state index < -0.39 is 17.0 Å². The Morgan fingerprint density at radius 1 is 1.24 bits per heavy atom. The van der Waals surface area contributed by atoms with Crippen LogP contribution >= 0.6 is 0 Å². The van der Waals surface area contributed by atoms with Crippen molar-refractivity contribution in [3.05, 3.63) is 56.4 Å². The third kappa shape index (κ3) is 2.45. The molecule has 1 aromatic heterocycles. The molecule has 2 N–H and O–H groups in total. The Morgan fingerprint density at radius 2 is 1.90 bits per heavy atom. The minimum atomic E-state index is -0.640. The molecule has 110 valence electrons. The second kappa shape index (κ2) is 5.28. The Morgan fingerprint density at radius 3 is 2.52 bits per heavy atom. The third-order valence-corrected chi connectivity index (χ3v) is 3.19. The van der Waals surface area contributed by atoms with E-state index in [-0.39, 0.29) is 11.1 Å². The van der Waals surface area contributed by atoms with Crippen LogP contribution in [0, 0.1) is 0 Å². The highest BCUT2D eigenvalue weighted by Gasteiger charge is 2.17. The van der Waals surface area contributed by atoms with Gasteiger partial charge < -0.3 is 15.0 Å². The molecule has 21 heavy (non-hydrogen) atoms. The Bertz CT molecular complexity index is 833. The van der Waals surface area contributed by atoms with E-state index in [2.05, 4.69) is 0 Å². The van der Waals surface area contributed by atoms with Crippen molar-refractivity contribution in [1.29, 1.82) is 0 Å². The first-order chi connectivity index (χ1) is 9.86. The van der Waals surface area contributed by atoms with Gasteiger partial charge in [0.2, 0.25) is 0 Å². The van der Waals surface area contributed by atoms with E-state index in [4.69, 9.17) is 10.5 Å². The summed E-state index contributed by atoms with van der Waals surface area (Å²) in [6, 6.07) is 4.49. The molecule has 0 unspecified atom stereocenters. The summed E-state index contributed by atoms with van der Waals surface area (Å²) in [5.41, 5.74) is 5.12. The number of aromatic nitrogens is 2. The van der Waals surface area contributed by atoms with E-state index in [9.17, 15) is 14.4 Å². The highest BCUT2D eigenvalue weighted by molar-refractivity contribution is 6.09. The number of hydrogen-bond acceptors (Lipinski definition) is 5. The number of carbonyl (C=O) groups is 1. The van der Waals surface area contributed by atoms with Gasteiger partial charge >= 0.3 is 5.69 Å². The first-order valence-corrected chi connectivity index (χ1v) is 6.11. The number of carbonyl (C=O) groups excluding carboxylic acids is 1. The third-order valence-electron chi connectivity index (χ3n) is 3.19. The summed E-state index contributed by atoms with van der Waals surface area (Å²) >= 11 is 0. The lowest BCUT2D eigenvalue weighted by atomic mass is 10.0. The van der Waals surface area contributed by atoms with Crippen molar-refractivity contribution in [1.82, 2.24) is 9.13 Å². The van der Waals surface area contributed by atoms with E-state index in [1.807, 2.05) is 0 Å². The molecule has 2 aromatic rings. The molecule has 0 atom stereocenters. The topological polar surface area (TPSA) is 96.3 Å². The number of anilines is 1. The fourth-order valence-electron chi connectivity index (χ4n) is 1.97. The molecule has 0 aliphatic rings. The Labute approximate surface area is 120 Å². The van der Waals surface area contributed by atoms with E-state index in [1.54, 1.807) is 0 Å². The molecule has 0 amide bonds. The molecule has 7 heteroatoms. The molecular formula is C14H15N3O4. The summed E-state index contributed by atoms with van der Waals surface area (Å²) in [6.45, 7) is 0. The van der Waals surface area contributed by atoms with Crippen LogP contribution in [0.4, 0.5) is 5.69 Å². The Hall–Kier alpha value is -2.83. The first kappa shape index (κ1) is 14.6. The molecule has 1 heterocycles. The van der Waals surface area contributed by atoms with Crippen LogP contribution in [0.5, 0.6) is 5.75 Å². The summed E-state index contributed by atoms with van der Waals surface area (Å²) in [7, 11) is 4.23. The maximum atomic E-state index is 12.4. The van der Waals surface area contributed by atoms with Gasteiger partial charge in [0.15, 0.2) is 5.78 Å². The molecule has 7 nitrogen and oxygen atoms in total. The smallest absolute Gasteiger partial charge is 0.330 e. The summed E-state index contributed by atoms with van der Waals surface area (Å²) in [5.74, 6) is -0.146. The predicted octanol–water partition coefficient (Wildman–Crippen LogP) is -0.0942. The summed E-state index contributed by atoms with van der Waals surface area (Å²) < 4.78 is 7.13. The summed E-state index contributed by atoms with van der Waals surface area (Å²) in [6.07, 6.45) is 1.23. The van der Waals surface area contributed by atoms with Crippen molar-refractivity contribution in [2.24, 2.45) is 14.1 Å². The van der Waals surface area contributed by atoms with Crippen molar-refractivity contribution in [2.45, 2.75) is 0 Å². The zero-order valence-corrected chi connectivity index (χ0v) is 11.9. The zero-order chi connectivity index (χ0) is 15.7. The van der Waals surface area contributed by atoms with Gasteiger partial charge in [-0.05, 0) is 18.2 Å². The number of ether oxygens (including phenoxy) is 1. The van der Waals surface area contributed by atoms with E-state index in [0.717, 1.165) is 4.57 Å². The highest BCUT2D eigenvalue weighted by Crippen LogP contribution is 2.23. The minimum Gasteiger partial charge on any atom is -0.495 e. The molecule has 0 radical (unpaired) electrons. The van der Waals surface area contributed by atoms with E-state index in [0.29, 0.717) is 11.4 Å². The Kier molecular flexibility index (Phi) is 3.66. The van der Waals surface area contributed by atoms with Crippen LogP contribution in [0.2, 0.25) is 0 Å². The largest absolute Gasteiger partial charge is 0.495 e. The number of methoxy groups -OCH3 is 1. The SMILES string of the molecule is COc1cc(C(=O)c2cn(C)c(=O)n(C)c2=O)ccc1N. The second-order valence-electron chi connectivity index (χ2n) is 4.59. The fourth-order valence-corrected chi connectivity index (χ4v) is 1.97. The quantitative estimate of drug-likeness (QED) is 0.629. The number of nitrogen functional groups attached to an aromatic ring is 1. The van der Waals surface area contributed by atoms with Gasteiger partial charge in [0, 0.05) is 25.9 Å². The number of ketones is 1. The van der Waals surface area contributed by atoms with Gasteiger partial charge in [-0.15, -0.1) is 0 Å². The average Bonchev–Trinajstić information content (AvgIpc) is 2.48. The molecule has 2 rings (SSSR count). The summed E-state index contributed by atoms with van der Waals surface area (Å²) in [4.78, 5) is 36.1. The number of hydrogen-bond donors (Lipinski definition) is 1.